The Bertz CT molecular complexity index is 799. The van der Waals surface area contributed by atoms with Crippen molar-refractivity contribution < 1.29 is 19.0 Å². The zero-order valence-corrected chi connectivity index (χ0v) is 13.3. The van der Waals surface area contributed by atoms with Gasteiger partial charge < -0.3 is 9.84 Å². The first-order valence-corrected chi connectivity index (χ1v) is 8.20. The monoisotopic (exact) mass is 330 g/mol. The number of fused-ring (bicyclic) bond motifs is 1. The first-order valence-electron chi connectivity index (χ1n) is 7.22. The molecule has 0 aromatic heterocycles. The van der Waals surface area contributed by atoms with Crippen molar-refractivity contribution >= 4 is 23.6 Å². The lowest BCUT2D eigenvalue weighted by Gasteiger charge is -2.17. The number of ether oxygens (including phenoxy) is 1. The van der Waals surface area contributed by atoms with E-state index in [1.165, 1.54) is 30.0 Å². The maximum atomic E-state index is 13.4. The van der Waals surface area contributed by atoms with Crippen LogP contribution in [0.4, 0.5) is 4.39 Å². The number of halogens is 1. The van der Waals surface area contributed by atoms with Gasteiger partial charge in [0.15, 0.2) is 17.3 Å². The Labute approximate surface area is 137 Å². The number of rotatable bonds is 3. The van der Waals surface area contributed by atoms with E-state index in [-0.39, 0.29) is 11.5 Å². The zero-order valence-electron chi connectivity index (χ0n) is 12.5. The van der Waals surface area contributed by atoms with Crippen molar-refractivity contribution in [1.82, 2.24) is 0 Å². The van der Waals surface area contributed by atoms with Crippen LogP contribution in [0.2, 0.25) is 0 Å². The summed E-state index contributed by atoms with van der Waals surface area (Å²) in [5.74, 6) is 0.393. The first-order chi connectivity index (χ1) is 11.1. The second kappa shape index (κ2) is 6.46. The molecule has 23 heavy (non-hydrogen) atoms. The van der Waals surface area contributed by atoms with Crippen molar-refractivity contribution in [3.8, 4) is 11.5 Å². The predicted octanol–water partition coefficient (Wildman–Crippen LogP) is 4.30. The quantitative estimate of drug-likeness (QED) is 0.852. The molecular weight excluding hydrogens is 315 g/mol. The van der Waals surface area contributed by atoms with Crippen LogP contribution in [0.1, 0.15) is 22.8 Å². The fourth-order valence-corrected chi connectivity index (χ4v) is 3.40. The maximum Gasteiger partial charge on any atom is 0.191 e. The Morgan fingerprint density at radius 3 is 2.91 bits per heavy atom. The van der Waals surface area contributed by atoms with Crippen LogP contribution in [0, 0.1) is 5.82 Å². The highest BCUT2D eigenvalue weighted by Crippen LogP contribution is 2.34. The molecule has 3 rings (SSSR count). The molecule has 0 spiro atoms. The molecular formula is C18H15FO3S. The van der Waals surface area contributed by atoms with E-state index < -0.39 is 5.82 Å². The Morgan fingerprint density at radius 1 is 1.30 bits per heavy atom. The predicted molar refractivity (Wildman–Crippen MR) is 88.7 cm³/mol. The Morgan fingerprint density at radius 2 is 2.13 bits per heavy atom. The van der Waals surface area contributed by atoms with Gasteiger partial charge in [-0.1, -0.05) is 6.07 Å². The van der Waals surface area contributed by atoms with E-state index in [9.17, 15) is 14.3 Å². The van der Waals surface area contributed by atoms with Gasteiger partial charge in [0, 0.05) is 21.8 Å². The molecule has 1 aliphatic rings. The van der Waals surface area contributed by atoms with Gasteiger partial charge in [-0.15, -0.1) is 11.8 Å². The van der Waals surface area contributed by atoms with E-state index in [0.717, 1.165) is 10.5 Å². The second-order valence-corrected chi connectivity index (χ2v) is 6.11. The summed E-state index contributed by atoms with van der Waals surface area (Å²) >= 11 is 1.51. The number of benzene rings is 2. The molecule has 118 valence electrons. The van der Waals surface area contributed by atoms with E-state index in [0.29, 0.717) is 29.2 Å². The van der Waals surface area contributed by atoms with Gasteiger partial charge in [0.25, 0.3) is 0 Å². The van der Waals surface area contributed by atoms with Crippen molar-refractivity contribution in [1.29, 1.82) is 0 Å². The van der Waals surface area contributed by atoms with Crippen molar-refractivity contribution in [3.05, 3.63) is 58.9 Å². The number of ketones is 1. The number of carbonyl (C=O) groups is 1. The highest BCUT2D eigenvalue weighted by atomic mass is 32.2. The number of thioether (sulfide) groups is 1. The molecule has 0 fully saturated rings. The molecule has 2 aromatic rings. The largest absolute Gasteiger partial charge is 0.504 e. The molecule has 0 amide bonds. The lowest BCUT2D eigenvalue weighted by atomic mass is 10.0. The highest BCUT2D eigenvalue weighted by molar-refractivity contribution is 7.99. The van der Waals surface area contributed by atoms with E-state index in [1.54, 1.807) is 24.3 Å². The summed E-state index contributed by atoms with van der Waals surface area (Å²) in [5.41, 5.74) is 1.76. The van der Waals surface area contributed by atoms with Crippen molar-refractivity contribution in [2.75, 3.05) is 12.4 Å². The third-order valence-electron chi connectivity index (χ3n) is 3.49. The number of Topliss-reactive ketones (excluding diaryl/α,β-unsaturated/α-hetero) is 1. The first kappa shape index (κ1) is 15.6. The van der Waals surface area contributed by atoms with E-state index in [1.807, 2.05) is 6.92 Å². The molecule has 0 unspecified atom stereocenters. The second-order valence-electron chi connectivity index (χ2n) is 5.09. The molecule has 5 heteroatoms. The number of carbonyl (C=O) groups excluding carboxylic acids is 1. The lowest BCUT2D eigenvalue weighted by Crippen LogP contribution is -2.12. The van der Waals surface area contributed by atoms with E-state index >= 15 is 0 Å². The average Bonchev–Trinajstić information content (AvgIpc) is 2.54. The summed E-state index contributed by atoms with van der Waals surface area (Å²) in [6.45, 7) is 2.27. The van der Waals surface area contributed by atoms with Crippen LogP contribution in [-0.2, 0) is 0 Å². The minimum atomic E-state index is -0.415. The van der Waals surface area contributed by atoms with Crippen LogP contribution in [0.15, 0.2) is 46.9 Å². The van der Waals surface area contributed by atoms with Crippen LogP contribution in [0.5, 0.6) is 11.5 Å². The number of hydrogen-bond donors (Lipinski definition) is 1. The van der Waals surface area contributed by atoms with Gasteiger partial charge in [0.2, 0.25) is 0 Å². The Hall–Kier alpha value is -2.27. The normalized spacial score (nSPS) is 15.6. The fourth-order valence-electron chi connectivity index (χ4n) is 2.40. The van der Waals surface area contributed by atoms with Crippen LogP contribution >= 0.6 is 11.8 Å². The highest BCUT2D eigenvalue weighted by Gasteiger charge is 2.23. The summed E-state index contributed by atoms with van der Waals surface area (Å²) < 4.78 is 18.7. The summed E-state index contributed by atoms with van der Waals surface area (Å²) in [7, 11) is 0. The van der Waals surface area contributed by atoms with E-state index in [4.69, 9.17) is 4.74 Å². The van der Waals surface area contributed by atoms with Gasteiger partial charge in [-0.25, -0.2) is 4.39 Å². The molecule has 1 aliphatic heterocycles. The third kappa shape index (κ3) is 3.24. The van der Waals surface area contributed by atoms with Gasteiger partial charge in [-0.05, 0) is 48.9 Å². The Kier molecular flexibility index (Phi) is 4.39. The van der Waals surface area contributed by atoms with Crippen molar-refractivity contribution in [2.45, 2.75) is 11.8 Å². The number of phenols is 1. The molecule has 0 radical (unpaired) electrons. The topological polar surface area (TPSA) is 46.5 Å². The van der Waals surface area contributed by atoms with Gasteiger partial charge in [-0.3, -0.25) is 4.79 Å². The fraction of sp³-hybridized carbons (Fsp3) is 0.167. The van der Waals surface area contributed by atoms with Crippen LogP contribution < -0.4 is 4.74 Å². The molecule has 0 atom stereocenters. The number of phenolic OH excluding ortho intramolecular Hbond substituents is 1. The van der Waals surface area contributed by atoms with Crippen LogP contribution in [0.25, 0.3) is 6.08 Å². The molecule has 3 nitrogen and oxygen atoms in total. The van der Waals surface area contributed by atoms with Crippen molar-refractivity contribution in [3.63, 3.8) is 0 Å². The SMILES string of the molecule is CCOc1cc(/C=C2\CSc3ccc(F)cc3C2=O)ccc1O. The molecule has 0 bridgehead atoms. The molecule has 1 N–H and O–H groups in total. The maximum absolute atomic E-state index is 13.4. The molecule has 0 saturated heterocycles. The van der Waals surface area contributed by atoms with E-state index in [2.05, 4.69) is 0 Å². The van der Waals surface area contributed by atoms with Crippen molar-refractivity contribution in [2.24, 2.45) is 0 Å². The summed E-state index contributed by atoms with van der Waals surface area (Å²) in [6.07, 6.45) is 1.76. The average molecular weight is 330 g/mol. The van der Waals surface area contributed by atoms with Gasteiger partial charge in [0.05, 0.1) is 6.61 Å². The number of aromatic hydroxyl groups is 1. The zero-order chi connectivity index (χ0) is 16.4. The minimum Gasteiger partial charge on any atom is -0.504 e. The van der Waals surface area contributed by atoms with Crippen LogP contribution in [0.3, 0.4) is 0 Å². The molecule has 0 aliphatic carbocycles. The summed E-state index contributed by atoms with van der Waals surface area (Å²) in [5, 5.41) is 9.73. The standard InChI is InChI=1S/C18H15FO3S/c1-2-22-16-8-11(3-5-15(16)20)7-12-10-23-17-6-4-13(19)9-14(17)18(12)21/h3-9,20H,2,10H2,1H3/b12-7+. The Balaban J connectivity index is 1.95. The molecule has 0 saturated carbocycles. The smallest absolute Gasteiger partial charge is 0.191 e. The summed E-state index contributed by atoms with van der Waals surface area (Å²) in [6, 6.07) is 9.21. The summed E-state index contributed by atoms with van der Waals surface area (Å²) in [4.78, 5) is 13.3. The van der Waals surface area contributed by atoms with Gasteiger partial charge >= 0.3 is 0 Å². The van der Waals surface area contributed by atoms with Gasteiger partial charge in [-0.2, -0.15) is 0 Å². The third-order valence-corrected chi connectivity index (χ3v) is 4.61. The minimum absolute atomic E-state index is 0.0609. The van der Waals surface area contributed by atoms with Crippen LogP contribution in [-0.4, -0.2) is 23.2 Å². The number of hydrogen-bond acceptors (Lipinski definition) is 4. The molecule has 1 heterocycles. The van der Waals surface area contributed by atoms with Gasteiger partial charge in [0.1, 0.15) is 5.82 Å². The molecule has 2 aromatic carbocycles. The lowest BCUT2D eigenvalue weighted by molar-refractivity contribution is 0.103.